The smallest absolute Gasteiger partial charge is 0.0947 e. The number of furan rings is 1. The number of nitrogens with one attached hydrogen (secondary N) is 1. The second kappa shape index (κ2) is 6.06. The van der Waals surface area contributed by atoms with E-state index in [-0.39, 0.29) is 0 Å². The lowest BCUT2D eigenvalue weighted by molar-refractivity contribution is 0.209. The molecule has 1 unspecified atom stereocenters. The van der Waals surface area contributed by atoms with E-state index in [1.807, 2.05) is 6.26 Å². The van der Waals surface area contributed by atoms with Gasteiger partial charge in [-0.25, -0.2) is 0 Å². The highest BCUT2D eigenvalue weighted by atomic mass is 16.3. The fourth-order valence-electron chi connectivity index (χ4n) is 2.39. The van der Waals surface area contributed by atoms with Gasteiger partial charge in [-0.1, -0.05) is 6.92 Å². The van der Waals surface area contributed by atoms with Gasteiger partial charge in [0.05, 0.1) is 12.5 Å². The van der Waals surface area contributed by atoms with Gasteiger partial charge in [-0.05, 0) is 44.5 Å². The average molecular weight is 222 g/mol. The van der Waals surface area contributed by atoms with E-state index in [1.54, 1.807) is 6.26 Å². The van der Waals surface area contributed by atoms with Crippen LogP contribution in [0.1, 0.15) is 25.3 Å². The Morgan fingerprint density at radius 1 is 1.56 bits per heavy atom. The lowest BCUT2D eigenvalue weighted by Gasteiger charge is -2.29. The van der Waals surface area contributed by atoms with E-state index in [2.05, 4.69) is 23.2 Å². The van der Waals surface area contributed by atoms with Crippen LogP contribution in [0.15, 0.2) is 23.0 Å². The van der Waals surface area contributed by atoms with Crippen molar-refractivity contribution < 1.29 is 4.42 Å². The van der Waals surface area contributed by atoms with E-state index in [0.29, 0.717) is 0 Å². The minimum Gasteiger partial charge on any atom is -0.472 e. The molecule has 1 aliphatic heterocycles. The van der Waals surface area contributed by atoms with E-state index in [9.17, 15) is 0 Å². The van der Waals surface area contributed by atoms with Crippen molar-refractivity contribution >= 4 is 0 Å². The fourth-order valence-corrected chi connectivity index (χ4v) is 2.39. The monoisotopic (exact) mass is 222 g/mol. The predicted molar refractivity (Wildman–Crippen MR) is 65.3 cm³/mol. The Labute approximate surface area is 97.8 Å². The summed E-state index contributed by atoms with van der Waals surface area (Å²) in [4.78, 5) is 2.50. The van der Waals surface area contributed by atoms with Crippen LogP contribution in [0.2, 0.25) is 0 Å². The van der Waals surface area contributed by atoms with E-state index < -0.39 is 0 Å². The van der Waals surface area contributed by atoms with E-state index >= 15 is 0 Å². The minimum atomic E-state index is 0.820. The van der Waals surface area contributed by atoms with Crippen molar-refractivity contribution in [1.29, 1.82) is 0 Å². The van der Waals surface area contributed by atoms with E-state index in [1.165, 1.54) is 38.0 Å². The Hall–Kier alpha value is -0.800. The molecule has 0 bridgehead atoms. The summed E-state index contributed by atoms with van der Waals surface area (Å²) < 4.78 is 5.11. The van der Waals surface area contributed by atoms with E-state index in [0.717, 1.165) is 19.0 Å². The Morgan fingerprint density at radius 2 is 2.50 bits per heavy atom. The minimum absolute atomic E-state index is 0.820. The number of piperidine rings is 1. The van der Waals surface area contributed by atoms with Crippen LogP contribution < -0.4 is 5.32 Å². The molecule has 0 spiro atoms. The van der Waals surface area contributed by atoms with Crippen molar-refractivity contribution in [1.82, 2.24) is 10.2 Å². The van der Waals surface area contributed by atoms with Crippen LogP contribution in [-0.2, 0) is 6.54 Å². The van der Waals surface area contributed by atoms with Crippen LogP contribution >= 0.6 is 0 Å². The molecule has 0 saturated carbocycles. The van der Waals surface area contributed by atoms with Gasteiger partial charge in [-0.2, -0.15) is 0 Å². The average Bonchev–Trinajstić information content (AvgIpc) is 2.82. The van der Waals surface area contributed by atoms with Crippen LogP contribution in [0.3, 0.4) is 0 Å². The highest BCUT2D eigenvalue weighted by Crippen LogP contribution is 2.13. The maximum atomic E-state index is 5.11. The predicted octanol–water partition coefficient (Wildman–Crippen LogP) is 2.10. The maximum absolute atomic E-state index is 5.11. The zero-order valence-electron chi connectivity index (χ0n) is 10.1. The van der Waals surface area contributed by atoms with Crippen molar-refractivity contribution in [2.45, 2.75) is 26.3 Å². The standard InChI is InChI=1S/C13H22N2O/c1-2-15(10-13-5-7-16-11-13)9-12-4-3-6-14-8-12/h5,7,11-12,14H,2-4,6,8-10H2,1H3. The molecule has 1 aromatic rings. The van der Waals surface area contributed by atoms with Gasteiger partial charge < -0.3 is 9.73 Å². The fraction of sp³-hybridized carbons (Fsp3) is 0.692. The molecule has 1 aliphatic rings. The molecule has 0 amide bonds. The summed E-state index contributed by atoms with van der Waals surface area (Å²) in [5, 5.41) is 3.48. The molecule has 1 saturated heterocycles. The molecule has 0 aliphatic carbocycles. The summed E-state index contributed by atoms with van der Waals surface area (Å²) >= 11 is 0. The molecule has 0 radical (unpaired) electrons. The van der Waals surface area contributed by atoms with Crippen molar-refractivity contribution in [3.63, 3.8) is 0 Å². The molecule has 16 heavy (non-hydrogen) atoms. The second-order valence-electron chi connectivity index (χ2n) is 4.67. The quantitative estimate of drug-likeness (QED) is 0.827. The molecule has 1 atom stereocenters. The Morgan fingerprint density at radius 3 is 3.12 bits per heavy atom. The topological polar surface area (TPSA) is 28.4 Å². The lowest BCUT2D eigenvalue weighted by atomic mass is 9.99. The van der Waals surface area contributed by atoms with Crippen molar-refractivity contribution in [3.8, 4) is 0 Å². The molecule has 0 aromatic carbocycles. The number of rotatable bonds is 5. The first-order valence-corrected chi connectivity index (χ1v) is 6.32. The highest BCUT2D eigenvalue weighted by molar-refractivity contribution is 5.04. The first-order chi connectivity index (χ1) is 7.88. The van der Waals surface area contributed by atoms with Crippen LogP contribution in [0, 0.1) is 5.92 Å². The Bertz CT molecular complexity index is 278. The van der Waals surface area contributed by atoms with Crippen LogP contribution in [-0.4, -0.2) is 31.1 Å². The van der Waals surface area contributed by atoms with Crippen LogP contribution in [0.4, 0.5) is 0 Å². The zero-order valence-corrected chi connectivity index (χ0v) is 10.1. The molecule has 2 rings (SSSR count). The largest absolute Gasteiger partial charge is 0.472 e. The summed E-state index contributed by atoms with van der Waals surface area (Å²) in [5.74, 6) is 0.820. The summed E-state index contributed by atoms with van der Waals surface area (Å²) in [6.45, 7) is 7.95. The molecule has 3 heteroatoms. The van der Waals surface area contributed by atoms with Gasteiger partial charge in [-0.15, -0.1) is 0 Å². The Kier molecular flexibility index (Phi) is 4.43. The highest BCUT2D eigenvalue weighted by Gasteiger charge is 2.16. The van der Waals surface area contributed by atoms with Crippen molar-refractivity contribution in [3.05, 3.63) is 24.2 Å². The second-order valence-corrected chi connectivity index (χ2v) is 4.67. The zero-order chi connectivity index (χ0) is 11.2. The number of nitrogens with zero attached hydrogens (tertiary/aromatic N) is 1. The first kappa shape index (κ1) is 11.7. The third-order valence-electron chi connectivity index (χ3n) is 3.35. The van der Waals surface area contributed by atoms with Gasteiger partial charge in [0.25, 0.3) is 0 Å². The third-order valence-corrected chi connectivity index (χ3v) is 3.35. The molecular formula is C13H22N2O. The first-order valence-electron chi connectivity index (χ1n) is 6.32. The van der Waals surface area contributed by atoms with Gasteiger partial charge in [-0.3, -0.25) is 4.90 Å². The van der Waals surface area contributed by atoms with Crippen LogP contribution in [0.5, 0.6) is 0 Å². The summed E-state index contributed by atoms with van der Waals surface area (Å²) in [7, 11) is 0. The number of hydrogen-bond acceptors (Lipinski definition) is 3. The normalized spacial score (nSPS) is 21.5. The molecule has 90 valence electrons. The van der Waals surface area contributed by atoms with Gasteiger partial charge in [0.2, 0.25) is 0 Å². The van der Waals surface area contributed by atoms with Crippen molar-refractivity contribution in [2.24, 2.45) is 5.92 Å². The van der Waals surface area contributed by atoms with Gasteiger partial charge in [0, 0.05) is 18.7 Å². The lowest BCUT2D eigenvalue weighted by Crippen LogP contribution is -2.38. The molecule has 1 N–H and O–H groups in total. The molecule has 3 nitrogen and oxygen atoms in total. The third kappa shape index (κ3) is 3.35. The maximum Gasteiger partial charge on any atom is 0.0947 e. The van der Waals surface area contributed by atoms with E-state index in [4.69, 9.17) is 4.42 Å². The van der Waals surface area contributed by atoms with Gasteiger partial charge in [0.1, 0.15) is 0 Å². The molecule has 1 aromatic heterocycles. The van der Waals surface area contributed by atoms with Crippen LogP contribution in [0.25, 0.3) is 0 Å². The molecule has 1 fully saturated rings. The SMILES string of the molecule is CCN(Cc1ccoc1)CC1CCCNC1. The summed E-state index contributed by atoms with van der Waals surface area (Å²) in [6.07, 6.45) is 6.30. The number of hydrogen-bond donors (Lipinski definition) is 1. The van der Waals surface area contributed by atoms with Gasteiger partial charge >= 0.3 is 0 Å². The Balaban J connectivity index is 1.80. The summed E-state index contributed by atoms with van der Waals surface area (Å²) in [6, 6.07) is 2.06. The van der Waals surface area contributed by atoms with Gasteiger partial charge in [0.15, 0.2) is 0 Å². The molecule has 2 heterocycles. The summed E-state index contributed by atoms with van der Waals surface area (Å²) in [5.41, 5.74) is 1.28. The van der Waals surface area contributed by atoms with Crippen molar-refractivity contribution in [2.75, 3.05) is 26.2 Å². The molecular weight excluding hydrogens is 200 g/mol.